The van der Waals surface area contributed by atoms with Crippen LogP contribution in [0.2, 0.25) is 0 Å². The SMILES string of the molecule is CNC1COCC1C(=O)Nc1cccc(C(=O)OC)c1C. The topological polar surface area (TPSA) is 76.7 Å². The van der Waals surface area contributed by atoms with Crippen LogP contribution in [0.1, 0.15) is 15.9 Å². The molecule has 0 bridgehead atoms. The van der Waals surface area contributed by atoms with Crippen molar-refractivity contribution in [1.29, 1.82) is 0 Å². The molecule has 0 radical (unpaired) electrons. The molecule has 1 fully saturated rings. The highest BCUT2D eigenvalue weighted by atomic mass is 16.5. The molecule has 2 unspecified atom stereocenters. The molecular weight excluding hydrogens is 272 g/mol. The summed E-state index contributed by atoms with van der Waals surface area (Å²) in [7, 11) is 3.14. The Hall–Kier alpha value is -1.92. The summed E-state index contributed by atoms with van der Waals surface area (Å²) < 4.78 is 10.1. The molecular formula is C15H20N2O4. The summed E-state index contributed by atoms with van der Waals surface area (Å²) in [5.74, 6) is -0.769. The van der Waals surface area contributed by atoms with Crippen LogP contribution in [0.5, 0.6) is 0 Å². The number of hydrogen-bond donors (Lipinski definition) is 2. The van der Waals surface area contributed by atoms with Gasteiger partial charge in [-0.05, 0) is 31.7 Å². The van der Waals surface area contributed by atoms with Crippen LogP contribution < -0.4 is 10.6 Å². The molecule has 1 aliphatic heterocycles. The minimum atomic E-state index is -0.416. The van der Waals surface area contributed by atoms with Crippen molar-refractivity contribution in [1.82, 2.24) is 5.32 Å². The van der Waals surface area contributed by atoms with Gasteiger partial charge in [-0.1, -0.05) is 6.07 Å². The highest BCUT2D eigenvalue weighted by molar-refractivity contribution is 5.97. The van der Waals surface area contributed by atoms with Gasteiger partial charge in [-0.15, -0.1) is 0 Å². The lowest BCUT2D eigenvalue weighted by atomic mass is 10.0. The van der Waals surface area contributed by atoms with E-state index in [4.69, 9.17) is 9.47 Å². The summed E-state index contributed by atoms with van der Waals surface area (Å²) in [6.45, 7) is 2.70. The first-order chi connectivity index (χ1) is 10.1. The van der Waals surface area contributed by atoms with Gasteiger partial charge in [0, 0.05) is 11.7 Å². The van der Waals surface area contributed by atoms with Gasteiger partial charge in [0.2, 0.25) is 5.91 Å². The molecule has 1 aliphatic rings. The lowest BCUT2D eigenvalue weighted by molar-refractivity contribution is -0.120. The maximum atomic E-state index is 12.3. The van der Waals surface area contributed by atoms with Gasteiger partial charge in [0.1, 0.15) is 0 Å². The van der Waals surface area contributed by atoms with Gasteiger partial charge in [-0.3, -0.25) is 4.79 Å². The number of carbonyl (C=O) groups is 2. The number of anilines is 1. The summed E-state index contributed by atoms with van der Waals surface area (Å²) >= 11 is 0. The van der Waals surface area contributed by atoms with Crippen LogP contribution in [0.15, 0.2) is 18.2 Å². The van der Waals surface area contributed by atoms with E-state index in [0.29, 0.717) is 30.0 Å². The second kappa shape index (κ2) is 6.69. The molecule has 1 heterocycles. The molecule has 0 aliphatic carbocycles. The number of methoxy groups -OCH3 is 1. The predicted octanol–water partition coefficient (Wildman–Crippen LogP) is 0.955. The summed E-state index contributed by atoms with van der Waals surface area (Å²) in [5.41, 5.74) is 1.76. The van der Waals surface area contributed by atoms with E-state index in [0.717, 1.165) is 0 Å². The third-order valence-corrected chi connectivity index (χ3v) is 3.79. The normalized spacial score (nSPS) is 21.1. The molecule has 1 aromatic carbocycles. The largest absolute Gasteiger partial charge is 0.465 e. The lowest BCUT2D eigenvalue weighted by Crippen LogP contribution is -2.39. The van der Waals surface area contributed by atoms with Gasteiger partial charge in [0.15, 0.2) is 0 Å². The van der Waals surface area contributed by atoms with Crippen LogP contribution in [0.3, 0.4) is 0 Å². The van der Waals surface area contributed by atoms with Gasteiger partial charge < -0.3 is 20.1 Å². The van der Waals surface area contributed by atoms with E-state index in [9.17, 15) is 9.59 Å². The molecule has 2 rings (SSSR count). The molecule has 2 atom stereocenters. The Kier molecular flexibility index (Phi) is 4.93. The number of amides is 1. The quantitative estimate of drug-likeness (QED) is 0.808. The van der Waals surface area contributed by atoms with Gasteiger partial charge in [-0.25, -0.2) is 4.79 Å². The van der Waals surface area contributed by atoms with E-state index in [2.05, 4.69) is 10.6 Å². The molecule has 2 N–H and O–H groups in total. The zero-order valence-corrected chi connectivity index (χ0v) is 12.4. The summed E-state index contributed by atoms with van der Waals surface area (Å²) in [6.07, 6.45) is 0. The lowest BCUT2D eigenvalue weighted by Gasteiger charge is -2.18. The number of benzene rings is 1. The van der Waals surface area contributed by atoms with E-state index < -0.39 is 5.97 Å². The van der Waals surface area contributed by atoms with Crippen molar-refractivity contribution in [2.45, 2.75) is 13.0 Å². The van der Waals surface area contributed by atoms with Crippen molar-refractivity contribution in [3.63, 3.8) is 0 Å². The minimum Gasteiger partial charge on any atom is -0.465 e. The van der Waals surface area contributed by atoms with Crippen molar-refractivity contribution >= 4 is 17.6 Å². The van der Waals surface area contributed by atoms with E-state index in [-0.39, 0.29) is 17.9 Å². The second-order valence-corrected chi connectivity index (χ2v) is 5.00. The second-order valence-electron chi connectivity index (χ2n) is 5.00. The Morgan fingerprint density at radius 1 is 1.33 bits per heavy atom. The maximum absolute atomic E-state index is 12.3. The van der Waals surface area contributed by atoms with Crippen molar-refractivity contribution in [2.75, 3.05) is 32.7 Å². The zero-order chi connectivity index (χ0) is 15.4. The van der Waals surface area contributed by atoms with Crippen molar-refractivity contribution in [2.24, 2.45) is 5.92 Å². The predicted molar refractivity (Wildman–Crippen MR) is 78.3 cm³/mol. The third-order valence-electron chi connectivity index (χ3n) is 3.79. The van der Waals surface area contributed by atoms with Crippen LogP contribution in [-0.2, 0) is 14.3 Å². The van der Waals surface area contributed by atoms with Crippen LogP contribution in [0.25, 0.3) is 0 Å². The molecule has 0 aromatic heterocycles. The summed E-state index contributed by atoms with van der Waals surface area (Å²) in [6, 6.07) is 5.17. The van der Waals surface area contributed by atoms with Crippen molar-refractivity contribution in [3.05, 3.63) is 29.3 Å². The van der Waals surface area contributed by atoms with E-state index in [1.807, 2.05) is 7.05 Å². The highest BCUT2D eigenvalue weighted by Crippen LogP contribution is 2.22. The third kappa shape index (κ3) is 3.22. The van der Waals surface area contributed by atoms with Gasteiger partial charge in [0.25, 0.3) is 0 Å². The Labute approximate surface area is 123 Å². The fraction of sp³-hybridized carbons (Fsp3) is 0.467. The fourth-order valence-corrected chi connectivity index (χ4v) is 2.42. The van der Waals surface area contributed by atoms with Crippen molar-refractivity contribution < 1.29 is 19.1 Å². The first-order valence-corrected chi connectivity index (χ1v) is 6.82. The monoisotopic (exact) mass is 292 g/mol. The highest BCUT2D eigenvalue weighted by Gasteiger charge is 2.33. The molecule has 1 aromatic rings. The number of likely N-dealkylation sites (N-methyl/N-ethyl adjacent to an activating group) is 1. The van der Waals surface area contributed by atoms with E-state index >= 15 is 0 Å². The number of nitrogens with one attached hydrogen (secondary N) is 2. The first-order valence-electron chi connectivity index (χ1n) is 6.82. The zero-order valence-electron chi connectivity index (χ0n) is 12.4. The van der Waals surface area contributed by atoms with Gasteiger partial charge in [-0.2, -0.15) is 0 Å². The average molecular weight is 292 g/mol. The fourth-order valence-electron chi connectivity index (χ4n) is 2.42. The van der Waals surface area contributed by atoms with Gasteiger partial charge >= 0.3 is 5.97 Å². The molecule has 1 amide bonds. The molecule has 1 saturated heterocycles. The molecule has 21 heavy (non-hydrogen) atoms. The maximum Gasteiger partial charge on any atom is 0.338 e. The van der Waals surface area contributed by atoms with E-state index in [1.165, 1.54) is 7.11 Å². The Bertz CT molecular complexity index is 544. The molecule has 0 saturated carbocycles. The number of rotatable bonds is 4. The number of esters is 1. The molecule has 114 valence electrons. The Morgan fingerprint density at radius 3 is 2.76 bits per heavy atom. The number of carbonyl (C=O) groups excluding carboxylic acids is 2. The van der Waals surface area contributed by atoms with Crippen LogP contribution in [0.4, 0.5) is 5.69 Å². The first kappa shape index (κ1) is 15.5. The smallest absolute Gasteiger partial charge is 0.338 e. The van der Waals surface area contributed by atoms with Gasteiger partial charge in [0.05, 0.1) is 31.8 Å². The van der Waals surface area contributed by atoms with Crippen LogP contribution >= 0.6 is 0 Å². The molecule has 6 nitrogen and oxygen atoms in total. The van der Waals surface area contributed by atoms with Crippen molar-refractivity contribution in [3.8, 4) is 0 Å². The van der Waals surface area contributed by atoms with E-state index in [1.54, 1.807) is 25.1 Å². The number of hydrogen-bond acceptors (Lipinski definition) is 5. The number of ether oxygens (including phenoxy) is 2. The molecule has 0 spiro atoms. The van der Waals surface area contributed by atoms with Crippen LogP contribution in [0, 0.1) is 12.8 Å². The summed E-state index contributed by atoms with van der Waals surface area (Å²) in [4.78, 5) is 24.0. The average Bonchev–Trinajstić information content (AvgIpc) is 2.97. The van der Waals surface area contributed by atoms with Crippen LogP contribution in [-0.4, -0.2) is 45.3 Å². The Morgan fingerprint density at radius 2 is 2.10 bits per heavy atom. The molecule has 6 heteroatoms. The Balaban J connectivity index is 2.16. The summed E-state index contributed by atoms with van der Waals surface area (Å²) in [5, 5.41) is 5.94. The minimum absolute atomic E-state index is 0.00842. The standard InChI is InChI=1S/C15H20N2O4/c1-9-10(15(19)20-3)5-4-6-12(9)17-14(18)11-7-21-8-13(11)16-2/h4-6,11,13,16H,7-8H2,1-3H3,(H,17,18).